The van der Waals surface area contributed by atoms with Crippen molar-refractivity contribution in [2.75, 3.05) is 7.05 Å². The molecule has 110 valence electrons. The van der Waals surface area contributed by atoms with Crippen molar-refractivity contribution >= 4 is 45.0 Å². The van der Waals surface area contributed by atoms with Gasteiger partial charge in [0.2, 0.25) is 0 Å². The predicted octanol–water partition coefficient (Wildman–Crippen LogP) is 4.73. The molecule has 0 aliphatic heterocycles. The molecule has 6 heteroatoms. The first kappa shape index (κ1) is 16.1. The Balaban J connectivity index is 2.19. The van der Waals surface area contributed by atoms with Crippen LogP contribution in [0.5, 0.6) is 5.75 Å². The molecule has 0 atom stereocenters. The molecule has 0 aliphatic carbocycles. The number of carbonyl (C=O) groups excluding carboxylic acids is 1. The number of hydrogen-bond donors (Lipinski definition) is 1. The molecular weight excluding hydrogens is 377 g/mol. The fourth-order valence-corrected chi connectivity index (χ4v) is 2.55. The van der Waals surface area contributed by atoms with E-state index < -0.39 is 0 Å². The van der Waals surface area contributed by atoms with Gasteiger partial charge in [0.15, 0.2) is 0 Å². The standard InChI is InChI=1S/C15H12BrCl2NO2/c1-19(8-9-2-4-12(17)13(18)6-9)15(21)11-7-10(16)3-5-14(11)20/h2-7,20H,8H2,1H3. The van der Waals surface area contributed by atoms with Gasteiger partial charge in [0, 0.05) is 18.1 Å². The number of benzene rings is 2. The molecule has 0 saturated carbocycles. The lowest BCUT2D eigenvalue weighted by molar-refractivity contribution is 0.0782. The van der Waals surface area contributed by atoms with Crippen molar-refractivity contribution in [3.8, 4) is 5.75 Å². The summed E-state index contributed by atoms with van der Waals surface area (Å²) in [5, 5.41) is 10.7. The average molecular weight is 389 g/mol. The molecule has 2 aromatic rings. The maximum atomic E-state index is 12.4. The van der Waals surface area contributed by atoms with Crippen molar-refractivity contribution in [2.45, 2.75) is 6.54 Å². The molecule has 0 unspecified atom stereocenters. The summed E-state index contributed by atoms with van der Waals surface area (Å²) in [6, 6.07) is 9.94. The highest BCUT2D eigenvalue weighted by molar-refractivity contribution is 9.10. The van der Waals surface area contributed by atoms with Crippen molar-refractivity contribution < 1.29 is 9.90 Å². The molecular formula is C15H12BrCl2NO2. The van der Waals surface area contributed by atoms with Crippen LogP contribution < -0.4 is 0 Å². The van der Waals surface area contributed by atoms with Crippen LogP contribution in [0.1, 0.15) is 15.9 Å². The Morgan fingerprint density at radius 1 is 1.19 bits per heavy atom. The molecule has 2 aromatic carbocycles. The lowest BCUT2D eigenvalue weighted by Crippen LogP contribution is -2.26. The van der Waals surface area contributed by atoms with Crippen LogP contribution in [0.3, 0.4) is 0 Å². The van der Waals surface area contributed by atoms with Crippen LogP contribution in [0.25, 0.3) is 0 Å². The van der Waals surface area contributed by atoms with Crippen LogP contribution >= 0.6 is 39.1 Å². The summed E-state index contributed by atoms with van der Waals surface area (Å²) in [7, 11) is 1.66. The first-order valence-corrected chi connectivity index (χ1v) is 7.61. The van der Waals surface area contributed by atoms with Gasteiger partial charge in [0.1, 0.15) is 5.75 Å². The molecule has 0 radical (unpaired) electrons. The van der Waals surface area contributed by atoms with Crippen LogP contribution in [-0.2, 0) is 6.54 Å². The highest BCUT2D eigenvalue weighted by Gasteiger charge is 2.16. The Kier molecular flexibility index (Phi) is 5.14. The number of aromatic hydroxyl groups is 1. The zero-order valence-corrected chi connectivity index (χ0v) is 14.2. The molecule has 0 heterocycles. The Hall–Kier alpha value is -1.23. The maximum Gasteiger partial charge on any atom is 0.257 e. The molecule has 0 saturated heterocycles. The topological polar surface area (TPSA) is 40.5 Å². The van der Waals surface area contributed by atoms with Gasteiger partial charge in [-0.05, 0) is 35.9 Å². The van der Waals surface area contributed by atoms with E-state index >= 15 is 0 Å². The van der Waals surface area contributed by atoms with Crippen LogP contribution in [-0.4, -0.2) is 23.0 Å². The average Bonchev–Trinajstić information content (AvgIpc) is 2.44. The summed E-state index contributed by atoms with van der Waals surface area (Å²) in [6.45, 7) is 0.363. The van der Waals surface area contributed by atoms with Gasteiger partial charge in [-0.25, -0.2) is 0 Å². The number of rotatable bonds is 3. The molecule has 1 N–H and O–H groups in total. The minimum atomic E-state index is -0.278. The number of phenols is 1. The molecule has 21 heavy (non-hydrogen) atoms. The van der Waals surface area contributed by atoms with Gasteiger partial charge in [-0.15, -0.1) is 0 Å². The van der Waals surface area contributed by atoms with Crippen molar-refractivity contribution in [3.63, 3.8) is 0 Å². The largest absolute Gasteiger partial charge is 0.507 e. The van der Waals surface area contributed by atoms with E-state index in [1.165, 1.54) is 11.0 Å². The third-order valence-electron chi connectivity index (χ3n) is 2.94. The van der Waals surface area contributed by atoms with Crippen molar-refractivity contribution in [2.24, 2.45) is 0 Å². The molecule has 2 rings (SSSR count). The molecule has 1 amide bonds. The number of hydrogen-bond acceptors (Lipinski definition) is 2. The van der Waals surface area contributed by atoms with E-state index in [0.717, 1.165) is 10.0 Å². The summed E-state index contributed by atoms with van der Waals surface area (Å²) in [4.78, 5) is 13.9. The second kappa shape index (κ2) is 6.69. The van der Waals surface area contributed by atoms with Gasteiger partial charge in [0.05, 0.1) is 15.6 Å². The second-order valence-electron chi connectivity index (χ2n) is 4.57. The maximum absolute atomic E-state index is 12.4. The van der Waals surface area contributed by atoms with E-state index in [1.807, 2.05) is 0 Å². The molecule has 0 fully saturated rings. The van der Waals surface area contributed by atoms with Crippen molar-refractivity contribution in [1.29, 1.82) is 0 Å². The van der Waals surface area contributed by atoms with Crippen LogP contribution in [0.15, 0.2) is 40.9 Å². The second-order valence-corrected chi connectivity index (χ2v) is 6.30. The summed E-state index contributed by atoms with van der Waals surface area (Å²) >= 11 is 15.1. The zero-order valence-electron chi connectivity index (χ0n) is 11.1. The number of amides is 1. The number of halogens is 3. The van der Waals surface area contributed by atoms with Crippen LogP contribution in [0.4, 0.5) is 0 Å². The van der Waals surface area contributed by atoms with E-state index in [-0.39, 0.29) is 17.2 Å². The summed E-state index contributed by atoms with van der Waals surface area (Å²) < 4.78 is 0.728. The van der Waals surface area contributed by atoms with Gasteiger partial charge in [0.25, 0.3) is 5.91 Å². The Morgan fingerprint density at radius 2 is 1.90 bits per heavy atom. The van der Waals surface area contributed by atoms with Crippen molar-refractivity contribution in [1.82, 2.24) is 4.90 Å². The fraction of sp³-hybridized carbons (Fsp3) is 0.133. The van der Waals surface area contributed by atoms with Crippen molar-refractivity contribution in [3.05, 3.63) is 62.0 Å². The van der Waals surface area contributed by atoms with Gasteiger partial charge >= 0.3 is 0 Å². The molecule has 0 spiro atoms. The third-order valence-corrected chi connectivity index (χ3v) is 4.17. The molecule has 0 aromatic heterocycles. The van der Waals surface area contributed by atoms with Gasteiger partial charge in [-0.3, -0.25) is 4.79 Å². The summed E-state index contributed by atoms with van der Waals surface area (Å²) in [5.74, 6) is -0.330. The SMILES string of the molecule is CN(Cc1ccc(Cl)c(Cl)c1)C(=O)c1cc(Br)ccc1O. The first-order chi connectivity index (χ1) is 9.88. The van der Waals surface area contributed by atoms with E-state index in [4.69, 9.17) is 23.2 Å². The Labute approximate surface area is 141 Å². The van der Waals surface area contributed by atoms with E-state index in [1.54, 1.807) is 37.4 Å². The molecule has 0 aliphatic rings. The predicted molar refractivity (Wildman–Crippen MR) is 88.1 cm³/mol. The Morgan fingerprint density at radius 3 is 2.57 bits per heavy atom. The normalized spacial score (nSPS) is 10.5. The first-order valence-electron chi connectivity index (χ1n) is 6.06. The minimum absolute atomic E-state index is 0.0517. The van der Waals surface area contributed by atoms with Crippen LogP contribution in [0, 0.1) is 0 Å². The smallest absolute Gasteiger partial charge is 0.257 e. The van der Waals surface area contributed by atoms with E-state index in [9.17, 15) is 9.90 Å². The number of nitrogens with zero attached hydrogens (tertiary/aromatic N) is 1. The fourth-order valence-electron chi connectivity index (χ4n) is 1.87. The van der Waals surface area contributed by atoms with E-state index in [2.05, 4.69) is 15.9 Å². The van der Waals surface area contributed by atoms with E-state index in [0.29, 0.717) is 16.6 Å². The monoisotopic (exact) mass is 387 g/mol. The summed E-state index contributed by atoms with van der Waals surface area (Å²) in [6.07, 6.45) is 0. The third kappa shape index (κ3) is 3.90. The molecule has 3 nitrogen and oxygen atoms in total. The lowest BCUT2D eigenvalue weighted by atomic mass is 10.1. The zero-order chi connectivity index (χ0) is 15.6. The van der Waals surface area contributed by atoms with Gasteiger partial charge < -0.3 is 10.0 Å². The Bertz CT molecular complexity index is 691. The van der Waals surface area contributed by atoms with Gasteiger partial charge in [-0.1, -0.05) is 45.2 Å². The van der Waals surface area contributed by atoms with Gasteiger partial charge in [-0.2, -0.15) is 0 Å². The highest BCUT2D eigenvalue weighted by Crippen LogP contribution is 2.25. The minimum Gasteiger partial charge on any atom is -0.507 e. The summed E-state index contributed by atoms with van der Waals surface area (Å²) in [5.41, 5.74) is 1.10. The van der Waals surface area contributed by atoms with Crippen LogP contribution in [0.2, 0.25) is 10.0 Å². The number of carbonyl (C=O) groups is 1. The number of phenolic OH excluding ortho intramolecular Hbond substituents is 1. The molecule has 0 bridgehead atoms. The lowest BCUT2D eigenvalue weighted by Gasteiger charge is -2.18. The quantitative estimate of drug-likeness (QED) is 0.825. The highest BCUT2D eigenvalue weighted by atomic mass is 79.9.